The lowest BCUT2D eigenvalue weighted by Crippen LogP contribution is -2.43. The average Bonchev–Trinajstić information content (AvgIpc) is 2.16. The summed E-state index contributed by atoms with van der Waals surface area (Å²) in [4.78, 5) is 2.38. The van der Waals surface area contributed by atoms with Crippen molar-refractivity contribution in [1.29, 1.82) is 0 Å². The Balaban J connectivity index is 2.49. The van der Waals surface area contributed by atoms with E-state index in [2.05, 4.69) is 34.5 Å². The summed E-state index contributed by atoms with van der Waals surface area (Å²) < 4.78 is 1.06. The second-order valence-corrected chi connectivity index (χ2v) is 5.40. The van der Waals surface area contributed by atoms with E-state index < -0.39 is 0 Å². The van der Waals surface area contributed by atoms with E-state index in [0.717, 1.165) is 17.6 Å². The van der Waals surface area contributed by atoms with Gasteiger partial charge < -0.3 is 5.73 Å². The van der Waals surface area contributed by atoms with Crippen molar-refractivity contribution in [2.75, 3.05) is 20.1 Å². The van der Waals surface area contributed by atoms with Gasteiger partial charge in [0.2, 0.25) is 0 Å². The topological polar surface area (TPSA) is 29.3 Å². The van der Waals surface area contributed by atoms with Gasteiger partial charge in [-0.3, -0.25) is 4.90 Å². The first kappa shape index (κ1) is 12.2. The molecule has 0 aromatic carbocycles. The van der Waals surface area contributed by atoms with Gasteiger partial charge in [-0.1, -0.05) is 35.4 Å². The summed E-state index contributed by atoms with van der Waals surface area (Å²) in [6.45, 7) is 5.64. The van der Waals surface area contributed by atoms with Crippen LogP contribution < -0.4 is 5.73 Å². The lowest BCUT2D eigenvalue weighted by atomic mass is 9.84. The summed E-state index contributed by atoms with van der Waals surface area (Å²) in [7, 11) is 2.17. The van der Waals surface area contributed by atoms with Gasteiger partial charge in [-0.15, -0.1) is 0 Å². The summed E-state index contributed by atoms with van der Waals surface area (Å²) in [5, 5.41) is 0. The molecule has 2 N–H and O–H groups in total. The zero-order valence-corrected chi connectivity index (χ0v) is 10.6. The number of nitrogens with two attached hydrogens (primary N) is 1. The molecule has 0 amide bonds. The van der Waals surface area contributed by atoms with Crippen molar-refractivity contribution in [2.24, 2.45) is 11.7 Å². The Morgan fingerprint density at radius 2 is 2.14 bits per heavy atom. The molecule has 1 rings (SSSR count). The van der Waals surface area contributed by atoms with Gasteiger partial charge in [0, 0.05) is 17.1 Å². The Morgan fingerprint density at radius 1 is 1.50 bits per heavy atom. The largest absolute Gasteiger partial charge is 0.330 e. The minimum absolute atomic E-state index is 0.656. The van der Waals surface area contributed by atoms with Crippen LogP contribution in [0, 0.1) is 5.92 Å². The maximum Gasteiger partial charge on any atom is 0.0293 e. The third kappa shape index (κ3) is 3.37. The summed E-state index contributed by atoms with van der Waals surface area (Å²) in [5.74, 6) is 0.681. The summed E-state index contributed by atoms with van der Waals surface area (Å²) >= 11 is 3.42. The molecule has 0 bridgehead atoms. The SMILES string of the molecule is C=C(Br)CN(C)C1CCCCC1CN. The van der Waals surface area contributed by atoms with E-state index in [1.165, 1.54) is 25.7 Å². The standard InChI is InChI=1S/C11H21BrN2/c1-9(12)8-14(2)11-6-4-3-5-10(11)7-13/h10-11H,1,3-8,13H2,2H3. The molecule has 1 aliphatic carbocycles. The van der Waals surface area contributed by atoms with Crippen LogP contribution in [0.5, 0.6) is 0 Å². The molecule has 3 heteroatoms. The van der Waals surface area contributed by atoms with Gasteiger partial charge in [-0.2, -0.15) is 0 Å². The summed E-state index contributed by atoms with van der Waals surface area (Å²) in [6.07, 6.45) is 5.28. The molecule has 0 heterocycles. The molecule has 0 saturated heterocycles. The molecule has 2 atom stereocenters. The maximum absolute atomic E-state index is 5.80. The molecule has 0 radical (unpaired) electrons. The van der Waals surface area contributed by atoms with Crippen LogP contribution in [-0.2, 0) is 0 Å². The second kappa shape index (κ2) is 5.89. The van der Waals surface area contributed by atoms with Gasteiger partial charge in [0.15, 0.2) is 0 Å². The van der Waals surface area contributed by atoms with Crippen LogP contribution in [0.3, 0.4) is 0 Å². The Bertz CT molecular complexity index is 194. The van der Waals surface area contributed by atoms with Crippen molar-refractivity contribution in [3.8, 4) is 0 Å². The van der Waals surface area contributed by atoms with E-state index in [1.54, 1.807) is 0 Å². The van der Waals surface area contributed by atoms with Crippen LogP contribution in [0.2, 0.25) is 0 Å². The summed E-state index contributed by atoms with van der Waals surface area (Å²) in [5.41, 5.74) is 5.80. The Morgan fingerprint density at radius 3 is 2.71 bits per heavy atom. The molecule has 2 nitrogen and oxygen atoms in total. The third-order valence-electron chi connectivity index (χ3n) is 3.16. The highest BCUT2D eigenvalue weighted by Gasteiger charge is 2.26. The lowest BCUT2D eigenvalue weighted by Gasteiger charge is -2.37. The van der Waals surface area contributed by atoms with E-state index in [9.17, 15) is 0 Å². The molecule has 14 heavy (non-hydrogen) atoms. The molecular formula is C11H21BrN2. The van der Waals surface area contributed by atoms with Crippen molar-refractivity contribution in [1.82, 2.24) is 4.90 Å². The third-order valence-corrected chi connectivity index (χ3v) is 3.41. The number of hydrogen-bond acceptors (Lipinski definition) is 2. The van der Waals surface area contributed by atoms with Crippen LogP contribution >= 0.6 is 15.9 Å². The second-order valence-electron chi connectivity index (χ2n) is 4.28. The van der Waals surface area contributed by atoms with Crippen LogP contribution in [-0.4, -0.2) is 31.1 Å². The zero-order valence-electron chi connectivity index (χ0n) is 9.01. The van der Waals surface area contributed by atoms with Crippen molar-refractivity contribution in [3.05, 3.63) is 11.1 Å². The van der Waals surface area contributed by atoms with Crippen LogP contribution in [0.15, 0.2) is 11.1 Å². The predicted octanol–water partition coefficient (Wildman–Crippen LogP) is 2.34. The average molecular weight is 261 g/mol. The predicted molar refractivity (Wildman–Crippen MR) is 65.5 cm³/mol. The first-order valence-corrected chi connectivity index (χ1v) is 6.18. The van der Waals surface area contributed by atoms with Gasteiger partial charge in [0.1, 0.15) is 0 Å². The van der Waals surface area contributed by atoms with E-state index in [1.807, 2.05) is 0 Å². The Hall–Kier alpha value is 0.140. The van der Waals surface area contributed by atoms with Gasteiger partial charge in [-0.05, 0) is 32.4 Å². The fraction of sp³-hybridized carbons (Fsp3) is 0.818. The molecular weight excluding hydrogens is 240 g/mol. The number of likely N-dealkylation sites (N-methyl/N-ethyl adjacent to an activating group) is 1. The lowest BCUT2D eigenvalue weighted by molar-refractivity contribution is 0.145. The van der Waals surface area contributed by atoms with Gasteiger partial charge in [0.05, 0.1) is 0 Å². The van der Waals surface area contributed by atoms with Crippen molar-refractivity contribution in [3.63, 3.8) is 0 Å². The number of rotatable bonds is 4. The van der Waals surface area contributed by atoms with Gasteiger partial charge in [-0.25, -0.2) is 0 Å². The minimum atomic E-state index is 0.656. The fourth-order valence-corrected chi connectivity index (χ4v) is 2.83. The van der Waals surface area contributed by atoms with Crippen LogP contribution in [0.1, 0.15) is 25.7 Å². The number of nitrogens with zero attached hydrogens (tertiary/aromatic N) is 1. The quantitative estimate of drug-likeness (QED) is 0.841. The highest BCUT2D eigenvalue weighted by Crippen LogP contribution is 2.27. The first-order valence-electron chi connectivity index (χ1n) is 5.38. The molecule has 0 aromatic rings. The zero-order chi connectivity index (χ0) is 10.6. The molecule has 82 valence electrons. The monoisotopic (exact) mass is 260 g/mol. The smallest absolute Gasteiger partial charge is 0.0293 e. The normalized spacial score (nSPS) is 28.0. The van der Waals surface area contributed by atoms with Crippen molar-refractivity contribution < 1.29 is 0 Å². The molecule has 0 aliphatic heterocycles. The molecule has 2 unspecified atom stereocenters. The highest BCUT2D eigenvalue weighted by atomic mass is 79.9. The fourth-order valence-electron chi connectivity index (χ4n) is 2.43. The van der Waals surface area contributed by atoms with Crippen LogP contribution in [0.4, 0.5) is 0 Å². The van der Waals surface area contributed by atoms with Crippen molar-refractivity contribution >= 4 is 15.9 Å². The molecule has 1 saturated carbocycles. The van der Waals surface area contributed by atoms with E-state index in [0.29, 0.717) is 12.0 Å². The van der Waals surface area contributed by atoms with Crippen molar-refractivity contribution in [2.45, 2.75) is 31.7 Å². The van der Waals surface area contributed by atoms with E-state index in [4.69, 9.17) is 5.73 Å². The van der Waals surface area contributed by atoms with Gasteiger partial charge >= 0.3 is 0 Å². The Kier molecular flexibility index (Phi) is 5.13. The molecule has 1 fully saturated rings. The molecule has 0 aromatic heterocycles. The minimum Gasteiger partial charge on any atom is -0.330 e. The number of hydrogen-bond donors (Lipinski definition) is 1. The number of halogens is 1. The molecule has 0 spiro atoms. The van der Waals surface area contributed by atoms with E-state index >= 15 is 0 Å². The molecule has 1 aliphatic rings. The van der Waals surface area contributed by atoms with E-state index in [-0.39, 0.29) is 0 Å². The maximum atomic E-state index is 5.80. The first-order chi connectivity index (χ1) is 6.65. The van der Waals surface area contributed by atoms with Gasteiger partial charge in [0.25, 0.3) is 0 Å². The Labute approximate surface area is 95.7 Å². The summed E-state index contributed by atoms with van der Waals surface area (Å²) in [6, 6.07) is 0.656. The highest BCUT2D eigenvalue weighted by molar-refractivity contribution is 9.11. The van der Waals surface area contributed by atoms with Crippen LogP contribution in [0.25, 0.3) is 0 Å².